The highest BCUT2D eigenvalue weighted by Gasteiger charge is 2.59. The summed E-state index contributed by atoms with van der Waals surface area (Å²) in [4.78, 5) is 0. The molecule has 0 unspecified atom stereocenters. The van der Waals surface area contributed by atoms with Crippen LogP contribution < -0.4 is 16.1 Å². The molecule has 0 fully saturated rings. The summed E-state index contributed by atoms with van der Waals surface area (Å²) in [5.74, 6) is 0. The largest absolute Gasteiger partial charge is 0.557 e. The van der Waals surface area contributed by atoms with E-state index in [4.69, 9.17) is 8.94 Å². The van der Waals surface area contributed by atoms with E-state index in [2.05, 4.69) is 0 Å². The van der Waals surface area contributed by atoms with E-state index >= 15 is 0 Å². The first-order chi connectivity index (χ1) is 11.0. The minimum atomic E-state index is -4.80. The van der Waals surface area contributed by atoms with Gasteiger partial charge in [-0.1, -0.05) is 43.8 Å². The molecule has 3 rings (SSSR count). The van der Waals surface area contributed by atoms with Crippen molar-refractivity contribution in [1.82, 2.24) is 0 Å². The number of halogens is 3. The maximum Gasteiger partial charge on any atom is 0.557 e. The molecule has 0 radical (unpaired) electrons. The van der Waals surface area contributed by atoms with E-state index < -0.39 is 13.9 Å². The third kappa shape index (κ3) is 3.53. The number of hydrogen-bond donors (Lipinski definition) is 0. The smallest absolute Gasteiger partial charge is 0.432 e. The zero-order valence-electron chi connectivity index (χ0n) is 11.9. The van der Waals surface area contributed by atoms with Crippen LogP contribution in [-0.2, 0) is 4.52 Å². The lowest BCUT2D eigenvalue weighted by molar-refractivity contribution is -0.271. The van der Waals surface area contributed by atoms with Crippen molar-refractivity contribution in [3.05, 3.63) is 79.1 Å². The van der Waals surface area contributed by atoms with Gasteiger partial charge in [0.25, 0.3) is 13.0 Å². The Labute approximate surface area is 139 Å². The summed E-state index contributed by atoms with van der Waals surface area (Å²) in [6, 6.07) is 19.9. The van der Waals surface area contributed by atoms with Gasteiger partial charge in [-0.15, -0.1) is 17.7 Å². The SMILES string of the molecule is C.FC(F)(F)O[P+](c1ccccc1)(c1ccccc1)c1ccco1. The van der Waals surface area contributed by atoms with Crippen LogP contribution in [0.25, 0.3) is 0 Å². The van der Waals surface area contributed by atoms with Crippen molar-refractivity contribution in [1.29, 1.82) is 0 Å². The van der Waals surface area contributed by atoms with Crippen molar-refractivity contribution in [3.63, 3.8) is 0 Å². The first kappa shape index (κ1) is 18.2. The van der Waals surface area contributed by atoms with Crippen LogP contribution in [0.5, 0.6) is 0 Å². The Hall–Kier alpha value is -2.10. The zero-order valence-corrected chi connectivity index (χ0v) is 12.8. The first-order valence-electron chi connectivity index (χ1n) is 6.84. The van der Waals surface area contributed by atoms with E-state index in [1.807, 2.05) is 0 Å². The molecule has 0 saturated heterocycles. The van der Waals surface area contributed by atoms with Crippen LogP contribution in [0.2, 0.25) is 0 Å². The molecule has 1 aromatic heterocycles. The molecule has 0 saturated carbocycles. The van der Waals surface area contributed by atoms with Crippen molar-refractivity contribution < 1.29 is 22.1 Å². The molecule has 24 heavy (non-hydrogen) atoms. The van der Waals surface area contributed by atoms with Crippen molar-refractivity contribution in [2.45, 2.75) is 13.8 Å². The fourth-order valence-corrected chi connectivity index (χ4v) is 5.54. The van der Waals surface area contributed by atoms with Gasteiger partial charge >= 0.3 is 6.36 Å². The van der Waals surface area contributed by atoms with E-state index in [1.165, 1.54) is 12.3 Å². The van der Waals surface area contributed by atoms with Crippen molar-refractivity contribution in [3.8, 4) is 0 Å². The molecule has 0 spiro atoms. The van der Waals surface area contributed by atoms with Gasteiger partial charge < -0.3 is 4.42 Å². The summed E-state index contributed by atoms with van der Waals surface area (Å²) >= 11 is 0. The van der Waals surface area contributed by atoms with E-state index in [9.17, 15) is 13.2 Å². The molecule has 2 aromatic carbocycles. The molecule has 126 valence electrons. The van der Waals surface area contributed by atoms with Crippen LogP contribution in [-0.4, -0.2) is 6.36 Å². The van der Waals surface area contributed by atoms with E-state index in [0.717, 1.165) is 0 Å². The van der Waals surface area contributed by atoms with E-state index in [0.29, 0.717) is 10.6 Å². The van der Waals surface area contributed by atoms with Gasteiger partial charge in [0, 0.05) is 6.07 Å². The van der Waals surface area contributed by atoms with Crippen LogP contribution in [0.15, 0.2) is 83.5 Å². The van der Waals surface area contributed by atoms with Gasteiger partial charge in [0.2, 0.25) is 0 Å². The second kappa shape index (κ2) is 7.20. The highest BCUT2D eigenvalue weighted by Crippen LogP contribution is 2.59. The average molecular weight is 353 g/mol. The summed E-state index contributed by atoms with van der Waals surface area (Å²) in [6.07, 6.45) is -3.44. The number of rotatable bonds is 4. The van der Waals surface area contributed by atoms with Gasteiger partial charge in [-0.25, -0.2) is 0 Å². The molecular formula is C18H17F3O2P+. The predicted octanol–water partition coefficient (Wildman–Crippen LogP) is 4.66. The minimum absolute atomic E-state index is 0. The fourth-order valence-electron chi connectivity index (χ4n) is 2.43. The lowest BCUT2D eigenvalue weighted by Gasteiger charge is -2.23. The topological polar surface area (TPSA) is 22.4 Å². The first-order valence-corrected chi connectivity index (χ1v) is 8.55. The molecule has 0 aliphatic heterocycles. The van der Waals surface area contributed by atoms with Crippen LogP contribution in [0.4, 0.5) is 13.2 Å². The Morgan fingerprint density at radius 3 is 1.62 bits per heavy atom. The number of furan rings is 1. The second-order valence-electron chi connectivity index (χ2n) is 4.77. The molecule has 0 bridgehead atoms. The fraction of sp³-hybridized carbons (Fsp3) is 0.111. The van der Waals surface area contributed by atoms with E-state index in [1.54, 1.807) is 66.7 Å². The highest BCUT2D eigenvalue weighted by atomic mass is 31.2. The molecule has 6 heteroatoms. The van der Waals surface area contributed by atoms with Gasteiger partial charge in [-0.2, -0.15) is 0 Å². The summed E-state index contributed by atoms with van der Waals surface area (Å²) in [5.41, 5.74) is 0.173. The van der Waals surface area contributed by atoms with Crippen molar-refractivity contribution in [2.75, 3.05) is 0 Å². The quantitative estimate of drug-likeness (QED) is 0.637. The normalized spacial score (nSPS) is 11.8. The summed E-state index contributed by atoms with van der Waals surface area (Å²) in [6.45, 7) is 0. The predicted molar refractivity (Wildman–Crippen MR) is 91.3 cm³/mol. The highest BCUT2D eigenvalue weighted by molar-refractivity contribution is 7.91. The molecule has 1 heterocycles. The van der Waals surface area contributed by atoms with Crippen LogP contribution >= 0.6 is 7.49 Å². The van der Waals surface area contributed by atoms with Gasteiger partial charge in [0.15, 0.2) is 0 Å². The van der Waals surface area contributed by atoms with Crippen LogP contribution in [0.3, 0.4) is 0 Å². The Morgan fingerprint density at radius 1 is 0.750 bits per heavy atom. The van der Waals surface area contributed by atoms with Crippen LogP contribution in [0.1, 0.15) is 7.43 Å². The number of hydrogen-bond acceptors (Lipinski definition) is 2. The number of benzene rings is 2. The number of alkyl halides is 3. The van der Waals surface area contributed by atoms with Crippen LogP contribution in [0, 0.1) is 0 Å². The molecule has 0 amide bonds. The maximum atomic E-state index is 13.3. The van der Waals surface area contributed by atoms with Crippen molar-refractivity contribution >= 4 is 23.6 Å². The Kier molecular flexibility index (Phi) is 5.47. The van der Waals surface area contributed by atoms with Gasteiger partial charge in [-0.05, 0) is 30.3 Å². The Morgan fingerprint density at radius 2 is 1.25 bits per heavy atom. The van der Waals surface area contributed by atoms with Gasteiger partial charge in [0.05, 0.1) is 6.26 Å². The Balaban J connectivity index is 0.00000208. The lowest BCUT2D eigenvalue weighted by atomic mass is 10.4. The molecule has 0 aliphatic carbocycles. The Bertz CT molecular complexity index is 701. The second-order valence-corrected chi connectivity index (χ2v) is 7.64. The van der Waals surface area contributed by atoms with Crippen molar-refractivity contribution in [2.24, 2.45) is 0 Å². The molecule has 2 nitrogen and oxygen atoms in total. The average Bonchev–Trinajstić information content (AvgIpc) is 3.08. The monoisotopic (exact) mass is 353 g/mol. The zero-order chi connectivity index (χ0) is 16.3. The van der Waals surface area contributed by atoms with Gasteiger partial charge in [-0.3, -0.25) is 0 Å². The summed E-state index contributed by atoms with van der Waals surface area (Å²) in [5, 5.41) is 0.886. The summed E-state index contributed by atoms with van der Waals surface area (Å²) < 4.78 is 50.0. The van der Waals surface area contributed by atoms with Gasteiger partial charge in [0.1, 0.15) is 10.6 Å². The third-order valence-electron chi connectivity index (χ3n) is 3.30. The maximum absolute atomic E-state index is 13.3. The molecule has 0 atom stereocenters. The molecule has 3 aromatic rings. The third-order valence-corrected chi connectivity index (χ3v) is 6.70. The lowest BCUT2D eigenvalue weighted by Crippen LogP contribution is -2.35. The van der Waals surface area contributed by atoms with E-state index in [-0.39, 0.29) is 12.9 Å². The minimum Gasteiger partial charge on any atom is -0.432 e. The summed E-state index contributed by atoms with van der Waals surface area (Å²) in [7, 11) is -3.42. The molecule has 0 N–H and O–H groups in total. The molecule has 0 aliphatic rings. The molecular weight excluding hydrogens is 336 g/mol. The standard InChI is InChI=1S/C17H13F3O2P.CH4/c18-17(19,20)22-23(16-12-7-13-21-16,14-8-3-1-4-9-14)15-10-5-2-6-11-15;/h1-13H;1H4/q+1;.